The molecule has 1 rings (SSSR count). The highest BCUT2D eigenvalue weighted by molar-refractivity contribution is 9.10. The lowest BCUT2D eigenvalue weighted by atomic mass is 10.1. The zero-order valence-corrected chi connectivity index (χ0v) is 11.5. The third-order valence-corrected chi connectivity index (χ3v) is 4.05. The SMILES string of the molecule is CCC(C)CN(C)Cc1cc(Br)cs1. The van der Waals surface area contributed by atoms with E-state index in [1.807, 2.05) is 11.3 Å². The van der Waals surface area contributed by atoms with Gasteiger partial charge in [-0.05, 0) is 35.0 Å². The second-order valence-electron chi connectivity index (χ2n) is 3.94. The van der Waals surface area contributed by atoms with E-state index in [0.29, 0.717) is 0 Å². The molecule has 80 valence electrons. The summed E-state index contributed by atoms with van der Waals surface area (Å²) in [6, 6.07) is 2.21. The highest BCUT2D eigenvalue weighted by Gasteiger charge is 2.06. The van der Waals surface area contributed by atoms with Gasteiger partial charge in [-0.1, -0.05) is 20.3 Å². The van der Waals surface area contributed by atoms with Crippen LogP contribution >= 0.6 is 27.3 Å². The Morgan fingerprint density at radius 2 is 2.29 bits per heavy atom. The number of hydrogen-bond acceptors (Lipinski definition) is 2. The Bertz CT molecular complexity index is 272. The predicted octanol–water partition coefficient (Wildman–Crippen LogP) is 3.99. The van der Waals surface area contributed by atoms with E-state index in [4.69, 9.17) is 0 Å². The molecule has 1 aromatic rings. The molecule has 0 aliphatic carbocycles. The number of nitrogens with zero attached hydrogens (tertiary/aromatic N) is 1. The maximum Gasteiger partial charge on any atom is 0.0325 e. The van der Waals surface area contributed by atoms with Crippen LogP contribution < -0.4 is 0 Å². The Morgan fingerprint density at radius 1 is 1.57 bits per heavy atom. The third-order valence-electron chi connectivity index (χ3n) is 2.37. The minimum Gasteiger partial charge on any atom is -0.301 e. The van der Waals surface area contributed by atoms with Gasteiger partial charge >= 0.3 is 0 Å². The fraction of sp³-hybridized carbons (Fsp3) is 0.636. The minimum atomic E-state index is 0.795. The van der Waals surface area contributed by atoms with E-state index < -0.39 is 0 Å². The fourth-order valence-electron chi connectivity index (χ4n) is 1.43. The van der Waals surface area contributed by atoms with E-state index in [9.17, 15) is 0 Å². The number of rotatable bonds is 5. The van der Waals surface area contributed by atoms with Crippen molar-refractivity contribution in [2.75, 3.05) is 13.6 Å². The van der Waals surface area contributed by atoms with Gasteiger partial charge in [0.25, 0.3) is 0 Å². The van der Waals surface area contributed by atoms with Gasteiger partial charge in [-0.2, -0.15) is 0 Å². The van der Waals surface area contributed by atoms with Crippen LogP contribution in [0.15, 0.2) is 15.9 Å². The lowest BCUT2D eigenvalue weighted by Gasteiger charge is -2.19. The van der Waals surface area contributed by atoms with Crippen molar-refractivity contribution in [2.45, 2.75) is 26.8 Å². The molecule has 0 aromatic carbocycles. The van der Waals surface area contributed by atoms with Gasteiger partial charge in [-0.3, -0.25) is 0 Å². The van der Waals surface area contributed by atoms with E-state index in [0.717, 1.165) is 12.5 Å². The Balaban J connectivity index is 2.37. The zero-order valence-electron chi connectivity index (χ0n) is 9.09. The minimum absolute atomic E-state index is 0.795. The first kappa shape index (κ1) is 12.2. The molecule has 0 bridgehead atoms. The second-order valence-corrected chi connectivity index (χ2v) is 5.85. The average molecular weight is 276 g/mol. The summed E-state index contributed by atoms with van der Waals surface area (Å²) in [6.45, 7) is 6.81. The Labute approximate surface area is 99.3 Å². The van der Waals surface area contributed by atoms with Crippen molar-refractivity contribution in [3.63, 3.8) is 0 Å². The summed E-state index contributed by atoms with van der Waals surface area (Å²) < 4.78 is 1.20. The van der Waals surface area contributed by atoms with Crippen LogP contribution in [0.1, 0.15) is 25.1 Å². The first-order valence-electron chi connectivity index (χ1n) is 5.03. The van der Waals surface area contributed by atoms with Crippen LogP contribution in [0.4, 0.5) is 0 Å². The van der Waals surface area contributed by atoms with Crippen molar-refractivity contribution in [2.24, 2.45) is 5.92 Å². The smallest absolute Gasteiger partial charge is 0.0325 e. The third kappa shape index (κ3) is 4.11. The normalized spacial score (nSPS) is 13.5. The summed E-state index contributed by atoms with van der Waals surface area (Å²) in [5.74, 6) is 0.795. The van der Waals surface area contributed by atoms with E-state index in [-0.39, 0.29) is 0 Å². The van der Waals surface area contributed by atoms with Crippen LogP contribution in [0.2, 0.25) is 0 Å². The van der Waals surface area contributed by atoms with Crippen LogP contribution in [0.5, 0.6) is 0 Å². The second kappa shape index (κ2) is 5.89. The van der Waals surface area contributed by atoms with Gasteiger partial charge in [0.1, 0.15) is 0 Å². The summed E-state index contributed by atoms with van der Waals surface area (Å²) in [7, 11) is 2.19. The van der Waals surface area contributed by atoms with E-state index in [2.05, 4.69) is 53.2 Å². The number of hydrogen-bond donors (Lipinski definition) is 0. The molecule has 1 aromatic heterocycles. The summed E-state index contributed by atoms with van der Waals surface area (Å²) in [5, 5.41) is 2.15. The van der Waals surface area contributed by atoms with Crippen molar-refractivity contribution in [1.29, 1.82) is 0 Å². The zero-order chi connectivity index (χ0) is 10.6. The molecule has 1 unspecified atom stereocenters. The molecule has 0 aliphatic heterocycles. The maximum absolute atomic E-state index is 3.48. The molecule has 3 heteroatoms. The molecule has 0 aliphatic rings. The lowest BCUT2D eigenvalue weighted by molar-refractivity contribution is 0.277. The molecule has 0 saturated heterocycles. The molecule has 0 fully saturated rings. The van der Waals surface area contributed by atoms with Gasteiger partial charge in [-0.25, -0.2) is 0 Å². The van der Waals surface area contributed by atoms with E-state index in [1.165, 1.54) is 22.3 Å². The summed E-state index contributed by atoms with van der Waals surface area (Å²) in [4.78, 5) is 3.83. The van der Waals surface area contributed by atoms with Crippen molar-refractivity contribution < 1.29 is 0 Å². The molecule has 1 atom stereocenters. The summed E-state index contributed by atoms with van der Waals surface area (Å²) >= 11 is 5.30. The van der Waals surface area contributed by atoms with E-state index in [1.54, 1.807) is 0 Å². The Kier molecular flexibility index (Phi) is 5.13. The molecule has 0 N–H and O–H groups in total. The molecular formula is C11H18BrNS. The van der Waals surface area contributed by atoms with Crippen molar-refractivity contribution in [3.8, 4) is 0 Å². The summed E-state index contributed by atoms with van der Waals surface area (Å²) in [6.07, 6.45) is 1.26. The van der Waals surface area contributed by atoms with Crippen LogP contribution in [0.25, 0.3) is 0 Å². The maximum atomic E-state index is 3.48. The van der Waals surface area contributed by atoms with Gasteiger partial charge in [0.15, 0.2) is 0 Å². The van der Waals surface area contributed by atoms with Gasteiger partial charge in [0.05, 0.1) is 0 Å². The van der Waals surface area contributed by atoms with Crippen LogP contribution in [0.3, 0.4) is 0 Å². The molecule has 0 saturated carbocycles. The van der Waals surface area contributed by atoms with Crippen LogP contribution in [-0.2, 0) is 6.54 Å². The molecule has 0 spiro atoms. The first-order valence-corrected chi connectivity index (χ1v) is 6.70. The monoisotopic (exact) mass is 275 g/mol. The van der Waals surface area contributed by atoms with E-state index >= 15 is 0 Å². The Hall–Kier alpha value is 0.140. The van der Waals surface area contributed by atoms with Gasteiger partial charge < -0.3 is 4.90 Å². The topological polar surface area (TPSA) is 3.24 Å². The van der Waals surface area contributed by atoms with Crippen molar-refractivity contribution in [1.82, 2.24) is 4.90 Å². The summed E-state index contributed by atoms with van der Waals surface area (Å²) in [5.41, 5.74) is 0. The number of thiophene rings is 1. The van der Waals surface area contributed by atoms with Crippen molar-refractivity contribution in [3.05, 3.63) is 20.8 Å². The predicted molar refractivity (Wildman–Crippen MR) is 67.8 cm³/mol. The van der Waals surface area contributed by atoms with Gasteiger partial charge in [0, 0.05) is 27.8 Å². The number of halogens is 1. The molecule has 1 nitrogen and oxygen atoms in total. The van der Waals surface area contributed by atoms with Crippen molar-refractivity contribution >= 4 is 27.3 Å². The van der Waals surface area contributed by atoms with Gasteiger partial charge in [0.2, 0.25) is 0 Å². The van der Waals surface area contributed by atoms with Crippen LogP contribution in [-0.4, -0.2) is 18.5 Å². The molecule has 1 heterocycles. The lowest BCUT2D eigenvalue weighted by Crippen LogP contribution is -2.23. The molecular weight excluding hydrogens is 258 g/mol. The molecule has 0 radical (unpaired) electrons. The van der Waals surface area contributed by atoms with Crippen LogP contribution in [0, 0.1) is 5.92 Å². The Morgan fingerprint density at radius 3 is 2.79 bits per heavy atom. The quantitative estimate of drug-likeness (QED) is 0.786. The largest absolute Gasteiger partial charge is 0.301 e. The molecule has 14 heavy (non-hydrogen) atoms. The average Bonchev–Trinajstić information content (AvgIpc) is 2.50. The highest BCUT2D eigenvalue weighted by atomic mass is 79.9. The highest BCUT2D eigenvalue weighted by Crippen LogP contribution is 2.21. The fourth-order valence-corrected chi connectivity index (χ4v) is 2.96. The molecule has 0 amide bonds. The van der Waals surface area contributed by atoms with Gasteiger partial charge in [-0.15, -0.1) is 11.3 Å². The first-order chi connectivity index (χ1) is 6.61. The standard InChI is InChI=1S/C11H18BrNS/c1-4-9(2)6-13(3)7-11-5-10(12)8-14-11/h5,8-9H,4,6-7H2,1-3H3.